The first kappa shape index (κ1) is 27.1. The van der Waals surface area contributed by atoms with Gasteiger partial charge in [0, 0.05) is 25.4 Å². The zero-order valence-electron chi connectivity index (χ0n) is 21.1. The SMILES string of the molecule is CNC(=O)[C@@H](C)Cn1cnc2ccc(-c3cnc(OC)c(NS(=O)(=O)c4cccc(C)c4Cl)c3)cc2c1=O. The molecule has 4 aromatic rings. The normalized spacial score (nSPS) is 12.2. The third-order valence-electron chi connectivity index (χ3n) is 6.06. The number of hydrogen-bond acceptors (Lipinski definition) is 7. The number of hydrogen-bond donors (Lipinski definition) is 2. The molecule has 0 bridgehead atoms. The smallest absolute Gasteiger partial charge is 0.263 e. The van der Waals surface area contributed by atoms with E-state index in [0.29, 0.717) is 27.6 Å². The lowest BCUT2D eigenvalue weighted by Crippen LogP contribution is -2.32. The molecule has 2 N–H and O–H groups in total. The second kappa shape index (κ2) is 10.8. The van der Waals surface area contributed by atoms with E-state index in [-0.39, 0.29) is 39.5 Å². The Balaban J connectivity index is 1.74. The number of ether oxygens (including phenoxy) is 1. The highest BCUT2D eigenvalue weighted by Gasteiger charge is 2.22. The summed E-state index contributed by atoms with van der Waals surface area (Å²) in [5, 5.41) is 3.03. The van der Waals surface area contributed by atoms with Crippen LogP contribution in [0, 0.1) is 12.8 Å². The number of nitrogens with zero attached hydrogens (tertiary/aromatic N) is 3. The van der Waals surface area contributed by atoms with Crippen LogP contribution >= 0.6 is 11.6 Å². The number of benzene rings is 2. The Hall–Kier alpha value is -3.96. The Morgan fingerprint density at radius 1 is 1.16 bits per heavy atom. The lowest BCUT2D eigenvalue weighted by molar-refractivity contribution is -0.124. The first-order valence-corrected chi connectivity index (χ1v) is 13.4. The Kier molecular flexibility index (Phi) is 7.70. The summed E-state index contributed by atoms with van der Waals surface area (Å²) in [4.78, 5) is 33.6. The molecule has 0 aliphatic carbocycles. The molecular formula is C26H26ClN5O5S. The molecule has 0 spiro atoms. The molecule has 0 saturated carbocycles. The van der Waals surface area contributed by atoms with Gasteiger partial charge in [-0.05, 0) is 42.3 Å². The van der Waals surface area contributed by atoms with Gasteiger partial charge in [-0.2, -0.15) is 0 Å². The molecule has 12 heteroatoms. The molecule has 0 saturated heterocycles. The second-order valence-electron chi connectivity index (χ2n) is 8.72. The van der Waals surface area contributed by atoms with Gasteiger partial charge in [-0.15, -0.1) is 0 Å². The van der Waals surface area contributed by atoms with Crippen molar-refractivity contribution in [1.82, 2.24) is 19.9 Å². The fourth-order valence-corrected chi connectivity index (χ4v) is 5.60. The summed E-state index contributed by atoms with van der Waals surface area (Å²) in [6.07, 6.45) is 2.93. The van der Waals surface area contributed by atoms with Crippen LogP contribution in [0.3, 0.4) is 0 Å². The molecule has 198 valence electrons. The van der Waals surface area contributed by atoms with Crippen molar-refractivity contribution in [2.75, 3.05) is 18.9 Å². The lowest BCUT2D eigenvalue weighted by atomic mass is 10.0. The van der Waals surface area contributed by atoms with Crippen LogP contribution in [0.4, 0.5) is 5.69 Å². The number of methoxy groups -OCH3 is 1. The van der Waals surface area contributed by atoms with Crippen LogP contribution in [0.2, 0.25) is 5.02 Å². The molecule has 0 radical (unpaired) electrons. The van der Waals surface area contributed by atoms with Gasteiger partial charge < -0.3 is 10.1 Å². The Morgan fingerprint density at radius 2 is 1.92 bits per heavy atom. The van der Waals surface area contributed by atoms with Gasteiger partial charge >= 0.3 is 0 Å². The summed E-state index contributed by atoms with van der Waals surface area (Å²) < 4.78 is 35.5. The van der Waals surface area contributed by atoms with Gasteiger partial charge in [0.25, 0.3) is 15.6 Å². The highest BCUT2D eigenvalue weighted by atomic mass is 35.5. The molecular weight excluding hydrogens is 530 g/mol. The first-order chi connectivity index (χ1) is 18.1. The molecule has 4 rings (SSSR count). The van der Waals surface area contributed by atoms with Crippen molar-refractivity contribution >= 4 is 44.1 Å². The predicted octanol–water partition coefficient (Wildman–Crippen LogP) is 3.61. The monoisotopic (exact) mass is 555 g/mol. The van der Waals surface area contributed by atoms with Crippen LogP contribution in [0.5, 0.6) is 5.88 Å². The van der Waals surface area contributed by atoms with E-state index in [2.05, 4.69) is 20.0 Å². The number of carbonyl (C=O) groups is 1. The number of pyridine rings is 1. The molecule has 0 unspecified atom stereocenters. The molecule has 10 nitrogen and oxygen atoms in total. The molecule has 0 aliphatic rings. The molecule has 0 fully saturated rings. The van der Waals surface area contributed by atoms with Gasteiger partial charge in [0.1, 0.15) is 10.6 Å². The van der Waals surface area contributed by atoms with Crippen molar-refractivity contribution in [2.24, 2.45) is 5.92 Å². The molecule has 1 amide bonds. The fourth-order valence-electron chi connectivity index (χ4n) is 3.97. The van der Waals surface area contributed by atoms with Crippen molar-refractivity contribution in [1.29, 1.82) is 0 Å². The van der Waals surface area contributed by atoms with Crippen LogP contribution in [0.15, 0.2) is 64.7 Å². The van der Waals surface area contributed by atoms with Crippen LogP contribution < -0.4 is 20.3 Å². The van der Waals surface area contributed by atoms with Crippen LogP contribution in [-0.2, 0) is 21.4 Å². The van der Waals surface area contributed by atoms with E-state index >= 15 is 0 Å². The van der Waals surface area contributed by atoms with Crippen molar-refractivity contribution in [3.05, 3.63) is 75.9 Å². The second-order valence-corrected chi connectivity index (χ2v) is 10.8. The van der Waals surface area contributed by atoms with Gasteiger partial charge in [-0.25, -0.2) is 18.4 Å². The van der Waals surface area contributed by atoms with Crippen LogP contribution in [-0.4, -0.2) is 43.0 Å². The van der Waals surface area contributed by atoms with E-state index in [9.17, 15) is 18.0 Å². The topological polar surface area (TPSA) is 132 Å². The number of anilines is 1. The van der Waals surface area contributed by atoms with Crippen molar-refractivity contribution in [2.45, 2.75) is 25.3 Å². The van der Waals surface area contributed by atoms with E-state index in [4.69, 9.17) is 16.3 Å². The number of sulfonamides is 1. The van der Waals surface area contributed by atoms with Gasteiger partial charge in [0.05, 0.1) is 35.3 Å². The third kappa shape index (κ3) is 5.34. The number of carbonyl (C=O) groups excluding carboxylic acids is 1. The Labute approximate surface area is 224 Å². The maximum atomic E-state index is 13.2. The Bertz CT molecular complexity index is 1700. The minimum absolute atomic E-state index is 0.0640. The van der Waals surface area contributed by atoms with Crippen molar-refractivity contribution < 1.29 is 17.9 Å². The summed E-state index contributed by atoms with van der Waals surface area (Å²) in [6.45, 7) is 3.61. The van der Waals surface area contributed by atoms with Crippen LogP contribution in [0.25, 0.3) is 22.0 Å². The third-order valence-corrected chi connectivity index (χ3v) is 8.08. The van der Waals surface area contributed by atoms with Gasteiger partial charge in [-0.3, -0.25) is 18.9 Å². The van der Waals surface area contributed by atoms with Gasteiger partial charge in [0.2, 0.25) is 11.8 Å². The Morgan fingerprint density at radius 3 is 2.63 bits per heavy atom. The van der Waals surface area contributed by atoms with Crippen LogP contribution in [0.1, 0.15) is 12.5 Å². The number of fused-ring (bicyclic) bond motifs is 1. The standard InChI is InChI=1S/C26H26ClN5O5S/c1-15-6-5-7-22(23(15)27)38(35,36)31-21-11-18(12-29-25(21)37-4)17-8-9-20-19(10-17)26(34)32(14-30-20)13-16(2)24(33)28-3/h5-12,14,16,31H,13H2,1-4H3,(H,28,33)/t16-/m0/s1. The molecule has 1 atom stereocenters. The lowest BCUT2D eigenvalue weighted by Gasteiger charge is -2.14. The maximum Gasteiger partial charge on any atom is 0.263 e. The van der Waals surface area contributed by atoms with Gasteiger partial charge in [0.15, 0.2) is 0 Å². The molecule has 2 aromatic carbocycles. The van der Waals surface area contributed by atoms with E-state index in [1.54, 1.807) is 57.3 Å². The average molecular weight is 556 g/mol. The summed E-state index contributed by atoms with van der Waals surface area (Å²) >= 11 is 6.26. The highest BCUT2D eigenvalue weighted by Crippen LogP contribution is 2.32. The number of rotatable bonds is 8. The minimum Gasteiger partial charge on any atom is -0.480 e. The van der Waals surface area contributed by atoms with E-state index < -0.39 is 15.9 Å². The zero-order chi connectivity index (χ0) is 27.6. The number of amides is 1. The molecule has 2 aromatic heterocycles. The molecule has 2 heterocycles. The number of aromatic nitrogens is 3. The van der Waals surface area contributed by atoms with E-state index in [1.165, 1.54) is 30.3 Å². The number of halogens is 1. The minimum atomic E-state index is -4.06. The highest BCUT2D eigenvalue weighted by molar-refractivity contribution is 7.92. The molecule has 0 aliphatic heterocycles. The summed E-state index contributed by atoms with van der Waals surface area (Å²) in [6, 6.07) is 11.4. The quantitative estimate of drug-likeness (QED) is 0.339. The largest absolute Gasteiger partial charge is 0.480 e. The number of aryl methyl sites for hydroxylation is 1. The van der Waals surface area contributed by atoms with E-state index in [1.807, 2.05) is 0 Å². The summed E-state index contributed by atoms with van der Waals surface area (Å²) in [7, 11) is -1.14. The van der Waals surface area contributed by atoms with Crippen molar-refractivity contribution in [3.63, 3.8) is 0 Å². The summed E-state index contributed by atoms with van der Waals surface area (Å²) in [5.41, 5.74) is 2.05. The summed E-state index contributed by atoms with van der Waals surface area (Å²) in [5.74, 6) is -0.547. The van der Waals surface area contributed by atoms with E-state index in [0.717, 1.165) is 0 Å². The van der Waals surface area contributed by atoms with Crippen molar-refractivity contribution in [3.8, 4) is 17.0 Å². The van der Waals surface area contributed by atoms with Gasteiger partial charge in [-0.1, -0.05) is 36.7 Å². The number of nitrogens with one attached hydrogen (secondary N) is 2. The molecule has 38 heavy (non-hydrogen) atoms. The first-order valence-electron chi connectivity index (χ1n) is 11.6. The predicted molar refractivity (Wildman–Crippen MR) is 146 cm³/mol. The fraction of sp³-hybridized carbons (Fsp3) is 0.231. The maximum absolute atomic E-state index is 13.2. The average Bonchev–Trinajstić information content (AvgIpc) is 2.90. The zero-order valence-corrected chi connectivity index (χ0v) is 22.7.